The van der Waals surface area contributed by atoms with E-state index < -0.39 is 0 Å². The van der Waals surface area contributed by atoms with Crippen LogP contribution < -0.4 is 4.90 Å². The third-order valence-corrected chi connectivity index (χ3v) is 3.58. The second-order valence-electron chi connectivity index (χ2n) is 4.48. The Morgan fingerprint density at radius 2 is 2.24 bits per heavy atom. The van der Waals surface area contributed by atoms with Gasteiger partial charge in [0.25, 0.3) is 0 Å². The zero-order chi connectivity index (χ0) is 12.3. The molecule has 1 aliphatic heterocycles. The molecule has 0 saturated carbocycles. The molecule has 1 N–H and O–H groups in total. The molecule has 1 saturated heterocycles. The quantitative estimate of drug-likeness (QED) is 0.851. The van der Waals surface area contributed by atoms with Gasteiger partial charge in [0.15, 0.2) is 0 Å². The number of nitrogens with zero attached hydrogens (tertiary/aromatic N) is 3. The van der Waals surface area contributed by atoms with Crippen molar-refractivity contribution in [2.24, 2.45) is 0 Å². The fraction of sp³-hybridized carbons (Fsp3) is 0.667. The second-order valence-corrected chi connectivity index (χ2v) is 5.29. The van der Waals surface area contributed by atoms with Gasteiger partial charge in [0, 0.05) is 12.6 Å². The Labute approximate surface area is 110 Å². The highest BCUT2D eigenvalue weighted by molar-refractivity contribution is 9.10. The van der Waals surface area contributed by atoms with Gasteiger partial charge in [0.1, 0.15) is 16.2 Å². The summed E-state index contributed by atoms with van der Waals surface area (Å²) in [5.74, 6) is 1.68. The molecule has 94 valence electrons. The molecule has 0 bridgehead atoms. The highest BCUT2D eigenvalue weighted by Crippen LogP contribution is 2.24. The van der Waals surface area contributed by atoms with Crippen LogP contribution in [0.2, 0.25) is 0 Å². The maximum absolute atomic E-state index is 9.49. The van der Waals surface area contributed by atoms with Gasteiger partial charge in [-0.1, -0.05) is 12.8 Å². The molecule has 1 atom stereocenters. The normalized spacial score (nSPS) is 21.4. The Morgan fingerprint density at radius 1 is 1.41 bits per heavy atom. The van der Waals surface area contributed by atoms with E-state index in [0.29, 0.717) is 0 Å². The predicted octanol–water partition coefficient (Wildman–Crippen LogP) is 2.29. The molecule has 17 heavy (non-hydrogen) atoms. The minimum atomic E-state index is 0.193. The summed E-state index contributed by atoms with van der Waals surface area (Å²) in [5.41, 5.74) is 0. The first-order valence-electron chi connectivity index (χ1n) is 6.09. The van der Waals surface area contributed by atoms with Crippen LogP contribution in [0, 0.1) is 6.92 Å². The molecule has 0 amide bonds. The number of hydrogen-bond donors (Lipinski definition) is 1. The van der Waals surface area contributed by atoms with Crippen LogP contribution in [0.5, 0.6) is 0 Å². The highest BCUT2D eigenvalue weighted by Gasteiger charge is 2.22. The van der Waals surface area contributed by atoms with Crippen molar-refractivity contribution in [3.63, 3.8) is 0 Å². The number of aryl methyl sites for hydroxylation is 1. The van der Waals surface area contributed by atoms with Gasteiger partial charge in [0.05, 0.1) is 12.6 Å². The lowest BCUT2D eigenvalue weighted by atomic mass is 10.1. The molecule has 0 radical (unpaired) electrons. The third-order valence-electron chi connectivity index (χ3n) is 3.18. The molecular weight excluding hydrogens is 282 g/mol. The summed E-state index contributed by atoms with van der Waals surface area (Å²) in [6.07, 6.45) is 4.62. The lowest BCUT2D eigenvalue weighted by Crippen LogP contribution is -2.38. The average molecular weight is 300 g/mol. The highest BCUT2D eigenvalue weighted by atomic mass is 79.9. The molecule has 0 aliphatic carbocycles. The van der Waals surface area contributed by atoms with E-state index >= 15 is 0 Å². The van der Waals surface area contributed by atoms with Gasteiger partial charge in [-0.2, -0.15) is 0 Å². The van der Waals surface area contributed by atoms with E-state index in [1.54, 1.807) is 0 Å². The Bertz CT molecular complexity index is 366. The van der Waals surface area contributed by atoms with Gasteiger partial charge < -0.3 is 10.0 Å². The second kappa shape index (κ2) is 5.78. The molecule has 2 rings (SSSR count). The van der Waals surface area contributed by atoms with Gasteiger partial charge in [0.2, 0.25) is 0 Å². The number of aromatic nitrogens is 2. The number of anilines is 1. The molecule has 0 aromatic carbocycles. The first kappa shape index (κ1) is 12.8. The largest absolute Gasteiger partial charge is 0.394 e. The van der Waals surface area contributed by atoms with Crippen molar-refractivity contribution in [3.8, 4) is 0 Å². The van der Waals surface area contributed by atoms with E-state index in [4.69, 9.17) is 0 Å². The minimum Gasteiger partial charge on any atom is -0.394 e. The van der Waals surface area contributed by atoms with Crippen molar-refractivity contribution in [2.45, 2.75) is 38.6 Å². The molecule has 1 unspecified atom stereocenters. The van der Waals surface area contributed by atoms with Crippen molar-refractivity contribution in [3.05, 3.63) is 16.5 Å². The standard InChI is InChI=1S/C12H18BrN3O/c1-9-14-11(13)7-12(15-9)16-6-4-2-3-5-10(16)8-17/h7,10,17H,2-6,8H2,1H3. The molecule has 2 heterocycles. The summed E-state index contributed by atoms with van der Waals surface area (Å²) >= 11 is 3.40. The van der Waals surface area contributed by atoms with Crippen LogP contribution in [0.25, 0.3) is 0 Å². The van der Waals surface area contributed by atoms with Crippen molar-refractivity contribution in [2.75, 3.05) is 18.1 Å². The molecule has 1 aromatic rings. The average Bonchev–Trinajstić information content (AvgIpc) is 2.52. The summed E-state index contributed by atoms with van der Waals surface area (Å²) < 4.78 is 0.806. The molecule has 5 heteroatoms. The Morgan fingerprint density at radius 3 is 2.94 bits per heavy atom. The van der Waals surface area contributed by atoms with Gasteiger partial charge in [-0.25, -0.2) is 9.97 Å². The number of halogens is 1. The topological polar surface area (TPSA) is 49.2 Å². The predicted molar refractivity (Wildman–Crippen MR) is 71.2 cm³/mol. The monoisotopic (exact) mass is 299 g/mol. The van der Waals surface area contributed by atoms with Crippen LogP contribution in [-0.4, -0.2) is 34.3 Å². The van der Waals surface area contributed by atoms with Crippen molar-refractivity contribution < 1.29 is 5.11 Å². The number of aliphatic hydroxyl groups excluding tert-OH is 1. The van der Waals surface area contributed by atoms with Gasteiger partial charge >= 0.3 is 0 Å². The third kappa shape index (κ3) is 3.16. The zero-order valence-corrected chi connectivity index (χ0v) is 11.7. The minimum absolute atomic E-state index is 0.193. The summed E-state index contributed by atoms with van der Waals surface area (Å²) in [4.78, 5) is 10.9. The molecule has 1 fully saturated rings. The molecule has 0 spiro atoms. The summed E-state index contributed by atoms with van der Waals surface area (Å²) in [7, 11) is 0. The van der Waals surface area contributed by atoms with Crippen LogP contribution in [0.15, 0.2) is 10.7 Å². The molecule has 1 aliphatic rings. The van der Waals surface area contributed by atoms with E-state index in [-0.39, 0.29) is 12.6 Å². The van der Waals surface area contributed by atoms with E-state index in [2.05, 4.69) is 30.8 Å². The number of hydrogen-bond acceptors (Lipinski definition) is 4. The van der Waals surface area contributed by atoms with Gasteiger partial charge in [-0.15, -0.1) is 0 Å². The van der Waals surface area contributed by atoms with E-state index in [1.807, 2.05) is 13.0 Å². The first-order chi connectivity index (χ1) is 8.20. The van der Waals surface area contributed by atoms with Crippen molar-refractivity contribution >= 4 is 21.7 Å². The van der Waals surface area contributed by atoms with E-state index in [1.165, 1.54) is 12.8 Å². The maximum Gasteiger partial charge on any atom is 0.133 e. The number of aliphatic hydroxyl groups is 1. The first-order valence-corrected chi connectivity index (χ1v) is 6.88. The molecule has 4 nitrogen and oxygen atoms in total. The Kier molecular flexibility index (Phi) is 4.34. The number of rotatable bonds is 2. The van der Waals surface area contributed by atoms with Crippen LogP contribution in [-0.2, 0) is 0 Å². The Hall–Kier alpha value is -0.680. The van der Waals surface area contributed by atoms with Crippen LogP contribution in [0.1, 0.15) is 31.5 Å². The smallest absolute Gasteiger partial charge is 0.133 e. The fourth-order valence-corrected chi connectivity index (χ4v) is 2.79. The maximum atomic E-state index is 9.49. The Balaban J connectivity index is 2.27. The molecular formula is C12H18BrN3O. The van der Waals surface area contributed by atoms with E-state index in [0.717, 1.165) is 35.6 Å². The van der Waals surface area contributed by atoms with E-state index in [9.17, 15) is 5.11 Å². The molecule has 1 aromatic heterocycles. The summed E-state index contributed by atoms with van der Waals surface area (Å²) in [6, 6.07) is 2.12. The van der Waals surface area contributed by atoms with Crippen LogP contribution in [0.4, 0.5) is 5.82 Å². The fourth-order valence-electron chi connectivity index (χ4n) is 2.33. The van der Waals surface area contributed by atoms with Gasteiger partial charge in [-0.05, 0) is 35.7 Å². The zero-order valence-electron chi connectivity index (χ0n) is 10.1. The summed E-state index contributed by atoms with van der Waals surface area (Å²) in [5, 5.41) is 9.49. The van der Waals surface area contributed by atoms with Crippen molar-refractivity contribution in [1.82, 2.24) is 9.97 Å². The summed E-state index contributed by atoms with van der Waals surface area (Å²) in [6.45, 7) is 3.05. The SMILES string of the molecule is Cc1nc(Br)cc(N2CCCCCC2CO)n1. The van der Waals surface area contributed by atoms with Crippen LogP contribution >= 0.6 is 15.9 Å². The van der Waals surface area contributed by atoms with Gasteiger partial charge in [-0.3, -0.25) is 0 Å². The lowest BCUT2D eigenvalue weighted by molar-refractivity contribution is 0.254. The van der Waals surface area contributed by atoms with Crippen molar-refractivity contribution in [1.29, 1.82) is 0 Å². The lowest BCUT2D eigenvalue weighted by Gasteiger charge is -2.29. The van der Waals surface area contributed by atoms with Crippen LogP contribution in [0.3, 0.4) is 0 Å².